The molecular formula is C23H24N6O. The van der Waals surface area contributed by atoms with Crippen LogP contribution in [0.5, 0.6) is 0 Å². The van der Waals surface area contributed by atoms with Crippen molar-refractivity contribution in [1.82, 2.24) is 24.8 Å². The van der Waals surface area contributed by atoms with Gasteiger partial charge in [-0.25, -0.2) is 9.97 Å². The molecule has 5 rings (SSSR count). The standard InChI is InChI=1S/C23H24N6O/c30-23(18-5-4-9-25-15-18)29-14-8-20-19(16-29)22(28-12-2-1-3-13-28)27-21(26-20)17-6-10-24-11-7-17/h4-7,9-11,15H,1-3,8,12-14,16H2. The van der Waals surface area contributed by atoms with Crippen molar-refractivity contribution in [1.29, 1.82) is 0 Å². The first-order chi connectivity index (χ1) is 14.8. The van der Waals surface area contributed by atoms with Gasteiger partial charge in [-0.15, -0.1) is 0 Å². The minimum absolute atomic E-state index is 0.0107. The van der Waals surface area contributed by atoms with Crippen LogP contribution in [0.1, 0.15) is 40.9 Å². The number of fused-ring (bicyclic) bond motifs is 1. The maximum atomic E-state index is 13.0. The zero-order valence-corrected chi connectivity index (χ0v) is 16.9. The van der Waals surface area contributed by atoms with Crippen LogP contribution in [-0.4, -0.2) is 50.4 Å². The quantitative estimate of drug-likeness (QED) is 0.672. The summed E-state index contributed by atoms with van der Waals surface area (Å²) in [7, 11) is 0. The van der Waals surface area contributed by atoms with Crippen molar-refractivity contribution in [2.24, 2.45) is 0 Å². The van der Waals surface area contributed by atoms with Gasteiger partial charge < -0.3 is 9.80 Å². The van der Waals surface area contributed by atoms with Crippen LogP contribution < -0.4 is 4.90 Å². The predicted molar refractivity (Wildman–Crippen MR) is 114 cm³/mol. The van der Waals surface area contributed by atoms with Crippen molar-refractivity contribution in [3.8, 4) is 11.4 Å². The van der Waals surface area contributed by atoms with Gasteiger partial charge in [0.15, 0.2) is 5.82 Å². The zero-order chi connectivity index (χ0) is 20.3. The molecule has 7 nitrogen and oxygen atoms in total. The lowest BCUT2D eigenvalue weighted by Gasteiger charge is -2.34. The lowest BCUT2D eigenvalue weighted by molar-refractivity contribution is 0.0733. The van der Waals surface area contributed by atoms with Crippen LogP contribution in [0.25, 0.3) is 11.4 Å². The van der Waals surface area contributed by atoms with Crippen LogP contribution in [-0.2, 0) is 13.0 Å². The number of anilines is 1. The largest absolute Gasteiger partial charge is 0.356 e. The average molecular weight is 400 g/mol. The van der Waals surface area contributed by atoms with Gasteiger partial charge in [-0.05, 0) is 43.5 Å². The molecule has 0 bridgehead atoms. The van der Waals surface area contributed by atoms with E-state index in [1.807, 2.05) is 23.1 Å². The van der Waals surface area contributed by atoms with Crippen LogP contribution >= 0.6 is 0 Å². The lowest BCUT2D eigenvalue weighted by Crippen LogP contribution is -2.39. The van der Waals surface area contributed by atoms with Gasteiger partial charge >= 0.3 is 0 Å². The number of aromatic nitrogens is 4. The Bertz CT molecular complexity index is 1030. The molecule has 2 aliphatic heterocycles. The number of hydrogen-bond acceptors (Lipinski definition) is 6. The summed E-state index contributed by atoms with van der Waals surface area (Å²) < 4.78 is 0. The molecule has 7 heteroatoms. The highest BCUT2D eigenvalue weighted by atomic mass is 16.2. The van der Waals surface area contributed by atoms with Gasteiger partial charge in [0, 0.05) is 62.0 Å². The Hall–Kier alpha value is -3.35. The third kappa shape index (κ3) is 3.63. The molecule has 0 radical (unpaired) electrons. The third-order valence-electron chi connectivity index (χ3n) is 5.83. The number of amides is 1. The van der Waals surface area contributed by atoms with Crippen LogP contribution in [0.3, 0.4) is 0 Å². The molecule has 1 amide bonds. The van der Waals surface area contributed by atoms with E-state index in [0.29, 0.717) is 18.7 Å². The van der Waals surface area contributed by atoms with Gasteiger partial charge in [-0.3, -0.25) is 14.8 Å². The van der Waals surface area contributed by atoms with Crippen molar-refractivity contribution in [2.75, 3.05) is 24.5 Å². The molecule has 30 heavy (non-hydrogen) atoms. The first kappa shape index (κ1) is 18.7. The van der Waals surface area contributed by atoms with Crippen molar-refractivity contribution >= 4 is 11.7 Å². The summed E-state index contributed by atoms with van der Waals surface area (Å²) >= 11 is 0. The second-order valence-electron chi connectivity index (χ2n) is 7.80. The van der Waals surface area contributed by atoms with Gasteiger partial charge in [0.25, 0.3) is 5.91 Å². The summed E-state index contributed by atoms with van der Waals surface area (Å²) in [6, 6.07) is 7.51. The Morgan fingerprint density at radius 2 is 1.73 bits per heavy atom. The first-order valence-electron chi connectivity index (χ1n) is 10.5. The van der Waals surface area contributed by atoms with Crippen molar-refractivity contribution in [2.45, 2.75) is 32.2 Å². The van der Waals surface area contributed by atoms with Gasteiger partial charge in [0.05, 0.1) is 17.8 Å². The van der Waals surface area contributed by atoms with E-state index in [-0.39, 0.29) is 5.91 Å². The van der Waals surface area contributed by atoms with Crippen LogP contribution in [0.15, 0.2) is 49.1 Å². The summed E-state index contributed by atoms with van der Waals surface area (Å²) in [6.45, 7) is 3.17. The van der Waals surface area contributed by atoms with Gasteiger partial charge in [-0.2, -0.15) is 0 Å². The summed E-state index contributed by atoms with van der Waals surface area (Å²) in [4.78, 5) is 35.4. The maximum absolute atomic E-state index is 13.0. The molecule has 3 aromatic rings. The molecule has 0 unspecified atom stereocenters. The number of hydrogen-bond donors (Lipinski definition) is 0. The summed E-state index contributed by atoms with van der Waals surface area (Å²) in [6.07, 6.45) is 11.2. The number of pyridine rings is 2. The first-order valence-corrected chi connectivity index (χ1v) is 10.5. The van der Waals surface area contributed by atoms with E-state index < -0.39 is 0 Å². The van der Waals surface area contributed by atoms with Crippen LogP contribution in [0.2, 0.25) is 0 Å². The van der Waals surface area contributed by atoms with E-state index in [4.69, 9.17) is 9.97 Å². The Balaban J connectivity index is 1.53. The van der Waals surface area contributed by atoms with Crippen molar-refractivity contribution < 1.29 is 4.79 Å². The van der Waals surface area contributed by atoms with Crippen molar-refractivity contribution in [3.05, 3.63) is 65.9 Å². The number of nitrogens with zero attached hydrogens (tertiary/aromatic N) is 6. The van der Waals surface area contributed by atoms with Crippen LogP contribution in [0.4, 0.5) is 5.82 Å². The number of rotatable bonds is 3. The number of piperidine rings is 1. The van der Waals surface area contributed by atoms with Gasteiger partial charge in [-0.1, -0.05) is 0 Å². The Labute approximate surface area is 175 Å². The molecule has 5 heterocycles. The predicted octanol–water partition coefficient (Wildman–Crippen LogP) is 3.12. The molecule has 2 aliphatic rings. The highest BCUT2D eigenvalue weighted by Gasteiger charge is 2.29. The Morgan fingerprint density at radius 1 is 0.900 bits per heavy atom. The minimum Gasteiger partial charge on any atom is -0.356 e. The molecule has 0 saturated carbocycles. The zero-order valence-electron chi connectivity index (χ0n) is 16.9. The highest BCUT2D eigenvalue weighted by Crippen LogP contribution is 2.31. The van der Waals surface area contributed by atoms with Crippen LogP contribution in [0, 0.1) is 0 Å². The normalized spacial score (nSPS) is 16.3. The molecule has 1 saturated heterocycles. The summed E-state index contributed by atoms with van der Waals surface area (Å²) in [5.74, 6) is 1.73. The summed E-state index contributed by atoms with van der Waals surface area (Å²) in [5.41, 5.74) is 3.72. The fraction of sp³-hybridized carbons (Fsp3) is 0.348. The molecule has 0 aliphatic carbocycles. The smallest absolute Gasteiger partial charge is 0.255 e. The average Bonchev–Trinajstić information content (AvgIpc) is 2.84. The van der Waals surface area contributed by atoms with Gasteiger partial charge in [0.2, 0.25) is 0 Å². The molecule has 0 N–H and O–H groups in total. The monoisotopic (exact) mass is 400 g/mol. The van der Waals surface area contributed by atoms with E-state index in [9.17, 15) is 4.79 Å². The highest BCUT2D eigenvalue weighted by molar-refractivity contribution is 5.94. The topological polar surface area (TPSA) is 75.1 Å². The summed E-state index contributed by atoms with van der Waals surface area (Å²) in [5, 5.41) is 0. The van der Waals surface area contributed by atoms with Crippen molar-refractivity contribution in [3.63, 3.8) is 0 Å². The number of carbonyl (C=O) groups excluding carboxylic acids is 1. The lowest BCUT2D eigenvalue weighted by atomic mass is 10.0. The molecule has 0 spiro atoms. The second-order valence-corrected chi connectivity index (χ2v) is 7.80. The van der Waals surface area contributed by atoms with E-state index in [0.717, 1.165) is 48.0 Å². The molecule has 1 fully saturated rings. The fourth-order valence-electron chi connectivity index (χ4n) is 4.24. The van der Waals surface area contributed by atoms with E-state index >= 15 is 0 Å². The SMILES string of the molecule is O=C(c1cccnc1)N1CCc2nc(-c3ccncc3)nc(N3CCCCC3)c2C1. The minimum atomic E-state index is 0.0107. The van der Waals surface area contributed by atoms with Gasteiger partial charge in [0.1, 0.15) is 5.82 Å². The van der Waals surface area contributed by atoms with E-state index in [1.165, 1.54) is 19.3 Å². The molecular weight excluding hydrogens is 376 g/mol. The Morgan fingerprint density at radius 3 is 2.50 bits per heavy atom. The fourth-order valence-corrected chi connectivity index (χ4v) is 4.24. The molecule has 152 valence electrons. The Kier molecular flexibility index (Phi) is 5.09. The molecule has 0 aromatic carbocycles. The molecule has 0 atom stereocenters. The molecule has 3 aromatic heterocycles. The third-order valence-corrected chi connectivity index (χ3v) is 5.83. The van der Waals surface area contributed by atoms with E-state index in [2.05, 4.69) is 14.9 Å². The maximum Gasteiger partial charge on any atom is 0.255 e. The van der Waals surface area contributed by atoms with E-state index in [1.54, 1.807) is 30.9 Å². The number of carbonyl (C=O) groups is 1. The second kappa shape index (κ2) is 8.18.